The molecular weight excluding hydrogens is 376 g/mol. The fourth-order valence-electron chi connectivity index (χ4n) is 2.74. The molecule has 2 aromatic rings. The summed E-state index contributed by atoms with van der Waals surface area (Å²) in [5.41, 5.74) is 1.22. The third-order valence-electron chi connectivity index (χ3n) is 4.23. The van der Waals surface area contributed by atoms with E-state index in [2.05, 4.69) is 10.6 Å². The predicted molar refractivity (Wildman–Crippen MR) is 108 cm³/mol. The summed E-state index contributed by atoms with van der Waals surface area (Å²) in [5.74, 6) is 1.35. The van der Waals surface area contributed by atoms with Gasteiger partial charge in [0.25, 0.3) is 5.91 Å². The molecule has 0 heterocycles. The highest BCUT2D eigenvalue weighted by Crippen LogP contribution is 2.38. The fraction of sp³-hybridized carbons (Fsp3) is 0.333. The van der Waals surface area contributed by atoms with E-state index in [1.165, 1.54) is 21.3 Å². The van der Waals surface area contributed by atoms with Crippen LogP contribution in [0.25, 0.3) is 0 Å². The van der Waals surface area contributed by atoms with Gasteiger partial charge in [-0.1, -0.05) is 18.2 Å². The van der Waals surface area contributed by atoms with Gasteiger partial charge < -0.3 is 29.6 Å². The minimum atomic E-state index is -0.346. The highest BCUT2D eigenvalue weighted by atomic mass is 16.5. The first-order chi connectivity index (χ1) is 14.0. The van der Waals surface area contributed by atoms with Gasteiger partial charge in [-0.3, -0.25) is 9.59 Å². The van der Waals surface area contributed by atoms with Crippen molar-refractivity contribution in [3.05, 3.63) is 47.5 Å². The number of hydrogen-bond donors (Lipinski definition) is 2. The van der Waals surface area contributed by atoms with Gasteiger partial charge >= 0.3 is 0 Å². The van der Waals surface area contributed by atoms with Crippen LogP contribution in [0.4, 0.5) is 0 Å². The summed E-state index contributed by atoms with van der Waals surface area (Å²) in [6.45, 7) is 0.539. The van der Waals surface area contributed by atoms with Gasteiger partial charge in [-0.2, -0.15) is 0 Å². The lowest BCUT2D eigenvalue weighted by molar-refractivity contribution is -0.121. The summed E-state index contributed by atoms with van der Waals surface area (Å²) < 4.78 is 21.0. The number of carbonyl (C=O) groups excluding carboxylic acids is 2. The van der Waals surface area contributed by atoms with E-state index in [0.717, 1.165) is 5.56 Å². The standard InChI is InChI=1S/C21H26N2O6/c1-26-16-8-6-5-7-14(16)13-23-19(24)9-10-22-21(25)15-11-17(27-2)20(29-4)18(12-15)28-3/h5-8,11-12H,9-10,13H2,1-4H3,(H,22,25)(H,23,24). The van der Waals surface area contributed by atoms with E-state index in [1.54, 1.807) is 19.2 Å². The number of benzene rings is 2. The maximum atomic E-state index is 12.4. The zero-order valence-corrected chi connectivity index (χ0v) is 17.0. The Morgan fingerprint density at radius 2 is 1.45 bits per heavy atom. The van der Waals surface area contributed by atoms with Gasteiger partial charge in [0.15, 0.2) is 11.5 Å². The van der Waals surface area contributed by atoms with Crippen LogP contribution in [0, 0.1) is 0 Å². The van der Waals surface area contributed by atoms with Gasteiger partial charge in [0.1, 0.15) is 5.75 Å². The molecule has 8 nitrogen and oxygen atoms in total. The van der Waals surface area contributed by atoms with Crippen molar-refractivity contribution in [2.24, 2.45) is 0 Å². The fourth-order valence-corrected chi connectivity index (χ4v) is 2.74. The first-order valence-electron chi connectivity index (χ1n) is 9.00. The minimum absolute atomic E-state index is 0.144. The molecule has 0 aliphatic heterocycles. The van der Waals surface area contributed by atoms with Crippen LogP contribution in [0.15, 0.2) is 36.4 Å². The highest BCUT2D eigenvalue weighted by molar-refractivity contribution is 5.95. The second-order valence-electron chi connectivity index (χ2n) is 6.01. The largest absolute Gasteiger partial charge is 0.496 e. The average molecular weight is 402 g/mol. The molecule has 0 radical (unpaired) electrons. The van der Waals surface area contributed by atoms with Gasteiger partial charge in [0.05, 0.1) is 28.4 Å². The summed E-state index contributed by atoms with van der Waals surface area (Å²) in [6, 6.07) is 10.6. The molecule has 0 saturated carbocycles. The van der Waals surface area contributed by atoms with E-state index in [0.29, 0.717) is 35.1 Å². The van der Waals surface area contributed by atoms with Crippen molar-refractivity contribution in [3.63, 3.8) is 0 Å². The number of hydrogen-bond acceptors (Lipinski definition) is 6. The Morgan fingerprint density at radius 3 is 2.03 bits per heavy atom. The van der Waals surface area contributed by atoms with Crippen LogP contribution < -0.4 is 29.6 Å². The van der Waals surface area contributed by atoms with Gasteiger partial charge in [0.2, 0.25) is 11.7 Å². The average Bonchev–Trinajstić information content (AvgIpc) is 2.76. The van der Waals surface area contributed by atoms with Crippen molar-refractivity contribution in [1.29, 1.82) is 0 Å². The number of para-hydroxylation sites is 1. The second-order valence-corrected chi connectivity index (χ2v) is 6.01. The van der Waals surface area contributed by atoms with Crippen molar-refractivity contribution in [2.75, 3.05) is 35.0 Å². The third kappa shape index (κ3) is 5.78. The smallest absolute Gasteiger partial charge is 0.251 e. The Hall–Kier alpha value is -3.42. The van der Waals surface area contributed by atoms with Crippen LogP contribution in [0.5, 0.6) is 23.0 Å². The highest BCUT2D eigenvalue weighted by Gasteiger charge is 2.17. The van der Waals surface area contributed by atoms with E-state index < -0.39 is 0 Å². The Balaban J connectivity index is 1.88. The Morgan fingerprint density at radius 1 is 0.828 bits per heavy atom. The van der Waals surface area contributed by atoms with Crippen LogP contribution in [-0.4, -0.2) is 46.8 Å². The lowest BCUT2D eigenvalue weighted by Gasteiger charge is -2.14. The lowest BCUT2D eigenvalue weighted by Crippen LogP contribution is -2.30. The molecule has 0 saturated heterocycles. The normalized spacial score (nSPS) is 10.1. The maximum absolute atomic E-state index is 12.4. The van der Waals surface area contributed by atoms with Gasteiger partial charge in [-0.15, -0.1) is 0 Å². The SMILES string of the molecule is COc1ccccc1CNC(=O)CCNC(=O)c1cc(OC)c(OC)c(OC)c1. The molecule has 0 spiro atoms. The van der Waals surface area contributed by atoms with Crippen LogP contribution in [0.2, 0.25) is 0 Å². The molecular formula is C21H26N2O6. The van der Waals surface area contributed by atoms with E-state index in [9.17, 15) is 9.59 Å². The molecule has 29 heavy (non-hydrogen) atoms. The summed E-state index contributed by atoms with van der Waals surface area (Å²) >= 11 is 0. The number of carbonyl (C=O) groups is 2. The third-order valence-corrected chi connectivity index (χ3v) is 4.23. The molecule has 2 aromatic carbocycles. The molecule has 0 atom stereocenters. The zero-order valence-electron chi connectivity index (χ0n) is 17.0. The van der Waals surface area contributed by atoms with Crippen molar-refractivity contribution in [3.8, 4) is 23.0 Å². The number of amides is 2. The van der Waals surface area contributed by atoms with Crippen LogP contribution >= 0.6 is 0 Å². The van der Waals surface area contributed by atoms with Crippen molar-refractivity contribution >= 4 is 11.8 Å². The quantitative estimate of drug-likeness (QED) is 0.632. The monoisotopic (exact) mass is 402 g/mol. The van der Waals surface area contributed by atoms with E-state index in [1.807, 2.05) is 24.3 Å². The molecule has 0 unspecified atom stereocenters. The molecule has 2 N–H and O–H groups in total. The second kappa shape index (κ2) is 10.8. The molecule has 0 aliphatic carbocycles. The molecule has 2 rings (SSSR count). The van der Waals surface area contributed by atoms with E-state index in [4.69, 9.17) is 18.9 Å². The van der Waals surface area contributed by atoms with Gasteiger partial charge in [-0.05, 0) is 18.2 Å². The van der Waals surface area contributed by atoms with Crippen LogP contribution in [0.1, 0.15) is 22.3 Å². The van der Waals surface area contributed by atoms with Crippen LogP contribution in [0.3, 0.4) is 0 Å². The lowest BCUT2D eigenvalue weighted by atomic mass is 10.1. The Kier molecular flexibility index (Phi) is 8.14. The van der Waals surface area contributed by atoms with Crippen LogP contribution in [-0.2, 0) is 11.3 Å². The van der Waals surface area contributed by atoms with Gasteiger partial charge in [0, 0.05) is 30.6 Å². The van der Waals surface area contributed by atoms with E-state index in [-0.39, 0.29) is 24.8 Å². The Labute approximate surface area is 170 Å². The summed E-state index contributed by atoms with van der Waals surface area (Å²) in [7, 11) is 6.03. The first kappa shape index (κ1) is 21.9. The van der Waals surface area contributed by atoms with Gasteiger partial charge in [-0.25, -0.2) is 0 Å². The molecule has 0 aromatic heterocycles. The number of methoxy groups -OCH3 is 4. The van der Waals surface area contributed by atoms with Crippen molar-refractivity contribution in [1.82, 2.24) is 10.6 Å². The summed E-state index contributed by atoms with van der Waals surface area (Å²) in [6.07, 6.45) is 0.144. The van der Waals surface area contributed by atoms with E-state index >= 15 is 0 Å². The molecule has 0 fully saturated rings. The molecule has 0 aliphatic rings. The predicted octanol–water partition coefficient (Wildman–Crippen LogP) is 2.16. The number of rotatable bonds is 10. The summed E-state index contributed by atoms with van der Waals surface area (Å²) in [4.78, 5) is 24.5. The molecule has 156 valence electrons. The molecule has 2 amide bonds. The van der Waals surface area contributed by atoms with Crippen molar-refractivity contribution in [2.45, 2.75) is 13.0 Å². The first-order valence-corrected chi connectivity index (χ1v) is 9.00. The topological polar surface area (TPSA) is 95.1 Å². The zero-order chi connectivity index (χ0) is 21.2. The Bertz CT molecular complexity index is 828. The maximum Gasteiger partial charge on any atom is 0.251 e. The summed E-state index contributed by atoms with van der Waals surface area (Å²) in [5, 5.41) is 5.53. The molecule has 8 heteroatoms. The minimum Gasteiger partial charge on any atom is -0.496 e. The number of nitrogens with one attached hydrogen (secondary N) is 2. The molecule has 0 bridgehead atoms. The number of ether oxygens (including phenoxy) is 4. The van der Waals surface area contributed by atoms with Crippen molar-refractivity contribution < 1.29 is 28.5 Å².